The molecule has 0 aliphatic heterocycles. The normalized spacial score (nSPS) is 11.6. The van der Waals surface area contributed by atoms with Gasteiger partial charge in [-0.25, -0.2) is 15.0 Å². The Hall–Kier alpha value is -7.21. The van der Waals surface area contributed by atoms with Crippen LogP contribution in [0.5, 0.6) is 0 Å². The molecule has 0 amide bonds. The average molecular weight is 734 g/mol. The van der Waals surface area contributed by atoms with Crippen LogP contribution in [-0.2, 0) is 0 Å². The van der Waals surface area contributed by atoms with Crippen LogP contribution in [-0.4, -0.2) is 15.0 Å². The number of hydrogen-bond donors (Lipinski definition) is 0. The zero-order valence-electron chi connectivity index (χ0n) is 30.1. The lowest BCUT2D eigenvalue weighted by atomic mass is 9.93. The maximum Gasteiger partial charge on any atom is 0.164 e. The smallest absolute Gasteiger partial charge is 0.164 e. The zero-order chi connectivity index (χ0) is 37.0. The third kappa shape index (κ3) is 5.56. The maximum absolute atomic E-state index is 6.70. The predicted octanol–water partition coefficient (Wildman–Crippen LogP) is 14.1. The van der Waals surface area contributed by atoms with Gasteiger partial charge in [0.15, 0.2) is 17.5 Å². The topological polar surface area (TPSA) is 51.8 Å². The quantitative estimate of drug-likeness (QED) is 0.171. The van der Waals surface area contributed by atoms with E-state index in [0.29, 0.717) is 17.5 Å². The van der Waals surface area contributed by atoms with E-state index in [9.17, 15) is 0 Å². The summed E-state index contributed by atoms with van der Waals surface area (Å²) >= 11 is 1.79. The lowest BCUT2D eigenvalue weighted by molar-refractivity contribution is 0.670. The Labute approximate surface area is 327 Å². The first-order valence-electron chi connectivity index (χ1n) is 18.7. The largest absolute Gasteiger partial charge is 0.455 e. The molecular weight excluding hydrogens is 703 g/mol. The number of fused-ring (bicyclic) bond motifs is 6. The molecule has 0 N–H and O–H groups in total. The number of rotatable bonds is 6. The highest BCUT2D eigenvalue weighted by molar-refractivity contribution is 7.25. The van der Waals surface area contributed by atoms with E-state index in [4.69, 9.17) is 19.4 Å². The van der Waals surface area contributed by atoms with Crippen molar-refractivity contribution < 1.29 is 4.42 Å². The molecule has 262 valence electrons. The number of aromatic nitrogens is 3. The molecule has 3 heterocycles. The minimum Gasteiger partial charge on any atom is -0.455 e. The van der Waals surface area contributed by atoms with Gasteiger partial charge in [0.2, 0.25) is 0 Å². The summed E-state index contributed by atoms with van der Waals surface area (Å²) in [6.07, 6.45) is 0. The number of para-hydroxylation sites is 1. The van der Waals surface area contributed by atoms with Gasteiger partial charge in [0.05, 0.1) is 0 Å². The lowest BCUT2D eigenvalue weighted by Gasteiger charge is -2.10. The summed E-state index contributed by atoms with van der Waals surface area (Å²) in [5.41, 5.74) is 11.5. The Bertz CT molecular complexity index is 3180. The molecule has 11 rings (SSSR count). The second-order valence-electron chi connectivity index (χ2n) is 14.0. The first-order valence-corrected chi connectivity index (χ1v) is 19.5. The van der Waals surface area contributed by atoms with Gasteiger partial charge in [-0.05, 0) is 64.2 Å². The van der Waals surface area contributed by atoms with Gasteiger partial charge in [-0.1, -0.05) is 152 Å². The van der Waals surface area contributed by atoms with Crippen LogP contribution in [0.15, 0.2) is 192 Å². The highest BCUT2D eigenvalue weighted by Gasteiger charge is 2.19. The summed E-state index contributed by atoms with van der Waals surface area (Å²) in [7, 11) is 0. The number of benzene rings is 8. The number of thiophene rings is 1. The van der Waals surface area contributed by atoms with Crippen LogP contribution in [0.1, 0.15) is 0 Å². The molecule has 8 aromatic carbocycles. The van der Waals surface area contributed by atoms with Crippen LogP contribution in [0.2, 0.25) is 0 Å². The Morgan fingerprint density at radius 2 is 0.911 bits per heavy atom. The zero-order valence-corrected chi connectivity index (χ0v) is 30.9. The molecule has 0 fully saturated rings. The van der Waals surface area contributed by atoms with Crippen molar-refractivity contribution in [2.24, 2.45) is 0 Å². The second kappa shape index (κ2) is 13.3. The van der Waals surface area contributed by atoms with Gasteiger partial charge in [0.25, 0.3) is 0 Å². The van der Waals surface area contributed by atoms with Crippen LogP contribution in [0.3, 0.4) is 0 Å². The SMILES string of the molecule is c1ccc(-c2cccc(-c3ccc(-c4ccc5sc6cc(-c7nc(-c8ccccc8)nc(-c8ccccc8)n7)ccc6c5c4)c4c3oc3ccccc34)c2)cc1. The van der Waals surface area contributed by atoms with Crippen LogP contribution in [0.4, 0.5) is 0 Å². The Kier molecular flexibility index (Phi) is 7.64. The molecule has 0 radical (unpaired) electrons. The van der Waals surface area contributed by atoms with Gasteiger partial charge in [0.1, 0.15) is 11.2 Å². The monoisotopic (exact) mass is 733 g/mol. The van der Waals surface area contributed by atoms with E-state index < -0.39 is 0 Å². The molecule has 0 aliphatic rings. The first kappa shape index (κ1) is 32.2. The maximum atomic E-state index is 6.70. The first-order chi connectivity index (χ1) is 27.7. The Balaban J connectivity index is 1.03. The van der Waals surface area contributed by atoms with Crippen LogP contribution in [0.25, 0.3) is 110 Å². The molecule has 4 nitrogen and oxygen atoms in total. The van der Waals surface area contributed by atoms with Crippen molar-refractivity contribution >= 4 is 53.4 Å². The number of nitrogens with zero attached hydrogens (tertiary/aromatic N) is 3. The van der Waals surface area contributed by atoms with E-state index in [1.165, 1.54) is 31.3 Å². The van der Waals surface area contributed by atoms with Crippen LogP contribution >= 0.6 is 11.3 Å². The molecule has 0 unspecified atom stereocenters. The van der Waals surface area contributed by atoms with Crippen molar-refractivity contribution in [1.82, 2.24) is 15.0 Å². The summed E-state index contributed by atoms with van der Waals surface area (Å²) < 4.78 is 9.12. The molecule has 3 aromatic heterocycles. The minimum absolute atomic E-state index is 0.654. The van der Waals surface area contributed by atoms with Crippen LogP contribution < -0.4 is 0 Å². The molecule has 0 saturated carbocycles. The molecule has 5 heteroatoms. The van der Waals surface area contributed by atoms with Gasteiger partial charge in [0, 0.05) is 53.2 Å². The Morgan fingerprint density at radius 1 is 0.339 bits per heavy atom. The van der Waals surface area contributed by atoms with Gasteiger partial charge >= 0.3 is 0 Å². The van der Waals surface area contributed by atoms with Crippen molar-refractivity contribution in [3.8, 4) is 67.5 Å². The van der Waals surface area contributed by atoms with Crippen molar-refractivity contribution in [3.05, 3.63) is 188 Å². The van der Waals surface area contributed by atoms with E-state index >= 15 is 0 Å². The van der Waals surface area contributed by atoms with E-state index in [-0.39, 0.29) is 0 Å². The fourth-order valence-electron chi connectivity index (χ4n) is 7.81. The number of hydrogen-bond acceptors (Lipinski definition) is 5. The number of furan rings is 1. The predicted molar refractivity (Wildman–Crippen MR) is 233 cm³/mol. The van der Waals surface area contributed by atoms with Crippen molar-refractivity contribution in [1.29, 1.82) is 0 Å². The van der Waals surface area contributed by atoms with Crippen molar-refractivity contribution in [2.45, 2.75) is 0 Å². The second-order valence-corrected chi connectivity index (χ2v) is 15.1. The summed E-state index contributed by atoms with van der Waals surface area (Å²) in [6, 6.07) is 65.7. The van der Waals surface area contributed by atoms with E-state index in [1.807, 2.05) is 66.7 Å². The van der Waals surface area contributed by atoms with Crippen LogP contribution in [0, 0.1) is 0 Å². The third-order valence-corrected chi connectivity index (χ3v) is 11.7. The fraction of sp³-hybridized carbons (Fsp3) is 0. The Morgan fingerprint density at radius 3 is 1.64 bits per heavy atom. The molecule has 0 spiro atoms. The molecule has 0 atom stereocenters. The highest BCUT2D eigenvalue weighted by Crippen LogP contribution is 2.44. The fourth-order valence-corrected chi connectivity index (χ4v) is 8.94. The molecule has 56 heavy (non-hydrogen) atoms. The van der Waals surface area contributed by atoms with Gasteiger partial charge < -0.3 is 4.42 Å². The molecular formula is C51H31N3OS. The average Bonchev–Trinajstić information content (AvgIpc) is 3.85. The van der Waals surface area contributed by atoms with E-state index in [1.54, 1.807) is 11.3 Å². The van der Waals surface area contributed by atoms with Gasteiger partial charge in [-0.15, -0.1) is 11.3 Å². The standard InChI is InChI=1S/C51H31N3OS/c1-4-13-32(14-5-1)35-19-12-20-36(29-35)40-27-26-39(47-42-21-10-11-22-44(42)55-48(40)47)37-24-28-45-43(30-37)41-25-23-38(31-46(41)56-45)51-53-49(33-15-6-2-7-16-33)52-50(54-51)34-17-8-3-9-18-34/h1-31H. The minimum atomic E-state index is 0.654. The van der Waals surface area contributed by atoms with Crippen molar-refractivity contribution in [3.63, 3.8) is 0 Å². The summed E-state index contributed by atoms with van der Waals surface area (Å²) in [6.45, 7) is 0. The molecule has 0 bridgehead atoms. The van der Waals surface area contributed by atoms with E-state index in [2.05, 4.69) is 121 Å². The summed E-state index contributed by atoms with van der Waals surface area (Å²) in [5.74, 6) is 1.97. The van der Waals surface area contributed by atoms with Crippen molar-refractivity contribution in [2.75, 3.05) is 0 Å². The third-order valence-electron chi connectivity index (χ3n) is 10.5. The highest BCUT2D eigenvalue weighted by atomic mass is 32.1. The van der Waals surface area contributed by atoms with Gasteiger partial charge in [-0.2, -0.15) is 0 Å². The summed E-state index contributed by atoms with van der Waals surface area (Å²) in [4.78, 5) is 14.9. The van der Waals surface area contributed by atoms with E-state index in [0.717, 1.165) is 60.9 Å². The van der Waals surface area contributed by atoms with Gasteiger partial charge in [-0.3, -0.25) is 0 Å². The molecule has 0 saturated heterocycles. The molecule has 0 aliphatic carbocycles. The lowest BCUT2D eigenvalue weighted by Crippen LogP contribution is -1.99. The molecule has 11 aromatic rings. The summed E-state index contributed by atoms with van der Waals surface area (Å²) in [5, 5.41) is 4.67.